The Morgan fingerprint density at radius 2 is 2.40 bits per heavy atom. The Balaban J connectivity index is 2.98. The van der Waals surface area contributed by atoms with Gasteiger partial charge < -0.3 is 8.74 Å². The van der Waals surface area contributed by atoms with E-state index in [0.717, 1.165) is 12.8 Å². The molecule has 0 spiro atoms. The summed E-state index contributed by atoms with van der Waals surface area (Å²) in [6, 6.07) is 0. The minimum absolute atomic E-state index is 0.278. The maximum absolute atomic E-state index is 9.79. The molecule has 0 aromatic heterocycles. The zero-order valence-corrected chi connectivity index (χ0v) is 6.73. The van der Waals surface area contributed by atoms with Gasteiger partial charge >= 0.3 is 0 Å². The summed E-state index contributed by atoms with van der Waals surface area (Å²) >= 11 is -2.35. The Hall–Kier alpha value is -0.190. The quantitative estimate of drug-likeness (QED) is 0.347. The first-order chi connectivity index (χ1) is 4.77. The van der Waals surface area contributed by atoms with Gasteiger partial charge in [-0.05, 0) is 19.8 Å². The van der Waals surface area contributed by atoms with Gasteiger partial charge in [0.1, 0.15) is 0 Å². The summed E-state index contributed by atoms with van der Waals surface area (Å²) in [6.45, 7) is 2.20. The van der Waals surface area contributed by atoms with E-state index < -0.39 is 11.4 Å². The van der Waals surface area contributed by atoms with E-state index in [0.29, 0.717) is 0 Å². The molecule has 0 N–H and O–H groups in total. The third kappa shape index (κ3) is 7.81. The van der Waals surface area contributed by atoms with E-state index in [2.05, 4.69) is 4.18 Å². The molecule has 0 saturated heterocycles. The van der Waals surface area contributed by atoms with Gasteiger partial charge in [-0.15, -0.1) is 0 Å². The van der Waals surface area contributed by atoms with Crippen molar-refractivity contribution < 1.29 is 12.9 Å². The molecule has 0 fully saturated rings. The zero-order chi connectivity index (χ0) is 7.82. The molecule has 10 heavy (non-hydrogen) atoms. The minimum atomic E-state index is -2.35. The van der Waals surface area contributed by atoms with E-state index >= 15 is 0 Å². The fourth-order valence-electron chi connectivity index (χ4n) is 0.495. The van der Waals surface area contributed by atoms with Crippen molar-refractivity contribution in [1.29, 1.82) is 0 Å². The molecule has 0 amide bonds. The summed E-state index contributed by atoms with van der Waals surface area (Å²) in [4.78, 5) is 0. The van der Waals surface area contributed by atoms with Crippen LogP contribution in [0.1, 0.15) is 19.8 Å². The molecule has 60 valence electrons. The van der Waals surface area contributed by atoms with Crippen LogP contribution in [0.2, 0.25) is 0 Å². The molecule has 0 aromatic rings. The summed E-state index contributed by atoms with van der Waals surface area (Å²) in [5.41, 5.74) is 0. The van der Waals surface area contributed by atoms with Gasteiger partial charge in [-0.25, -0.2) is 4.21 Å². The standard InChI is InChI=1S/C6H12O3S/c1-2-3-4-5-6-9-10(7)8/h2-3H,4-6H2,1H3,(H,7,8)/p-1. The first kappa shape index (κ1) is 9.81. The van der Waals surface area contributed by atoms with Crippen molar-refractivity contribution in [1.82, 2.24) is 0 Å². The number of hydrogen-bond donors (Lipinski definition) is 0. The highest BCUT2D eigenvalue weighted by molar-refractivity contribution is 7.74. The van der Waals surface area contributed by atoms with Crippen LogP contribution in [0, 0.1) is 0 Å². The first-order valence-electron chi connectivity index (χ1n) is 3.11. The van der Waals surface area contributed by atoms with Gasteiger partial charge in [-0.1, -0.05) is 12.2 Å². The second-order valence-electron chi connectivity index (χ2n) is 1.74. The maximum Gasteiger partial charge on any atom is 0.0842 e. The Bertz CT molecular complexity index is 122. The third-order valence-electron chi connectivity index (χ3n) is 0.930. The van der Waals surface area contributed by atoms with Crippen LogP contribution in [-0.2, 0) is 15.5 Å². The van der Waals surface area contributed by atoms with E-state index in [4.69, 9.17) is 0 Å². The highest BCUT2D eigenvalue weighted by Crippen LogP contribution is 1.92. The van der Waals surface area contributed by atoms with Crippen molar-refractivity contribution >= 4 is 11.4 Å². The average molecular weight is 163 g/mol. The van der Waals surface area contributed by atoms with Crippen molar-refractivity contribution in [2.45, 2.75) is 19.8 Å². The smallest absolute Gasteiger partial charge is 0.0842 e. The minimum Gasteiger partial charge on any atom is -0.750 e. The van der Waals surface area contributed by atoms with E-state index in [9.17, 15) is 8.76 Å². The van der Waals surface area contributed by atoms with Crippen molar-refractivity contribution in [3.05, 3.63) is 12.2 Å². The second-order valence-corrected chi connectivity index (χ2v) is 2.38. The lowest BCUT2D eigenvalue weighted by Gasteiger charge is -2.02. The fourth-order valence-corrected chi connectivity index (χ4v) is 0.749. The Kier molecular flexibility index (Phi) is 6.79. The van der Waals surface area contributed by atoms with E-state index in [1.165, 1.54) is 0 Å². The lowest BCUT2D eigenvalue weighted by molar-refractivity contribution is 0.296. The van der Waals surface area contributed by atoms with Gasteiger partial charge in [-0.2, -0.15) is 0 Å². The molecule has 0 bridgehead atoms. The summed E-state index contributed by atoms with van der Waals surface area (Å²) in [5, 5.41) is 0. The molecule has 0 aliphatic heterocycles. The van der Waals surface area contributed by atoms with Crippen molar-refractivity contribution in [3.8, 4) is 0 Å². The van der Waals surface area contributed by atoms with Gasteiger partial charge in [0, 0.05) is 0 Å². The molecular weight excluding hydrogens is 152 g/mol. The molecule has 0 aliphatic carbocycles. The number of unbranched alkanes of at least 4 members (excludes halogenated alkanes) is 1. The number of allylic oxidation sites excluding steroid dienone is 2. The topological polar surface area (TPSA) is 49.4 Å². The van der Waals surface area contributed by atoms with Crippen LogP contribution in [0.5, 0.6) is 0 Å². The highest BCUT2D eigenvalue weighted by atomic mass is 32.2. The SMILES string of the molecule is CC=CCCCOS(=O)[O-]. The molecule has 0 rings (SSSR count). The van der Waals surface area contributed by atoms with Crippen molar-refractivity contribution in [2.75, 3.05) is 6.61 Å². The molecular formula is C6H11O3S-. The van der Waals surface area contributed by atoms with Crippen LogP contribution in [-0.4, -0.2) is 15.4 Å². The van der Waals surface area contributed by atoms with Crippen LogP contribution < -0.4 is 0 Å². The Morgan fingerprint density at radius 1 is 1.70 bits per heavy atom. The fraction of sp³-hybridized carbons (Fsp3) is 0.667. The van der Waals surface area contributed by atoms with Crippen LogP contribution in [0.3, 0.4) is 0 Å². The van der Waals surface area contributed by atoms with Gasteiger partial charge in [0.15, 0.2) is 0 Å². The normalized spacial score (nSPS) is 14.2. The van der Waals surface area contributed by atoms with Gasteiger partial charge in [0.2, 0.25) is 0 Å². The highest BCUT2D eigenvalue weighted by Gasteiger charge is 1.84. The summed E-state index contributed by atoms with van der Waals surface area (Å²) in [6.07, 6.45) is 5.51. The zero-order valence-electron chi connectivity index (χ0n) is 5.91. The van der Waals surface area contributed by atoms with Crippen molar-refractivity contribution in [3.63, 3.8) is 0 Å². The molecule has 0 aromatic carbocycles. The lowest BCUT2D eigenvalue weighted by Crippen LogP contribution is -1.96. The second kappa shape index (κ2) is 6.92. The largest absolute Gasteiger partial charge is 0.750 e. The van der Waals surface area contributed by atoms with Crippen LogP contribution in [0.25, 0.3) is 0 Å². The molecule has 0 saturated carbocycles. The lowest BCUT2D eigenvalue weighted by atomic mass is 10.3. The maximum atomic E-state index is 9.79. The van der Waals surface area contributed by atoms with Gasteiger partial charge in [0.25, 0.3) is 0 Å². The van der Waals surface area contributed by atoms with Gasteiger partial charge in [-0.3, -0.25) is 0 Å². The van der Waals surface area contributed by atoms with E-state index in [1.807, 2.05) is 19.1 Å². The molecule has 0 radical (unpaired) electrons. The molecule has 0 heterocycles. The Labute approximate surface area is 63.6 Å². The monoisotopic (exact) mass is 163 g/mol. The number of hydrogen-bond acceptors (Lipinski definition) is 3. The first-order valence-corrected chi connectivity index (χ1v) is 4.11. The molecule has 0 aliphatic rings. The number of rotatable bonds is 5. The summed E-state index contributed by atoms with van der Waals surface area (Å²) in [5.74, 6) is 0. The third-order valence-corrected chi connectivity index (χ3v) is 1.29. The molecule has 1 atom stereocenters. The van der Waals surface area contributed by atoms with E-state index in [-0.39, 0.29) is 6.61 Å². The molecule has 4 heteroatoms. The van der Waals surface area contributed by atoms with E-state index in [1.54, 1.807) is 0 Å². The molecule has 1 unspecified atom stereocenters. The summed E-state index contributed by atoms with van der Waals surface area (Å²) in [7, 11) is 0. The molecule has 3 nitrogen and oxygen atoms in total. The predicted molar refractivity (Wildman–Crippen MR) is 38.9 cm³/mol. The van der Waals surface area contributed by atoms with Crippen LogP contribution in [0.4, 0.5) is 0 Å². The van der Waals surface area contributed by atoms with Crippen LogP contribution >= 0.6 is 0 Å². The van der Waals surface area contributed by atoms with Crippen molar-refractivity contribution in [2.24, 2.45) is 0 Å². The summed E-state index contributed by atoms with van der Waals surface area (Å²) < 4.78 is 23.9. The van der Waals surface area contributed by atoms with Crippen LogP contribution in [0.15, 0.2) is 12.2 Å². The predicted octanol–water partition coefficient (Wildman–Crippen LogP) is 1.15. The Morgan fingerprint density at radius 3 is 2.90 bits per heavy atom. The average Bonchev–Trinajstić information content (AvgIpc) is 1.87. The van der Waals surface area contributed by atoms with Gasteiger partial charge in [0.05, 0.1) is 18.0 Å².